The Labute approximate surface area is 199 Å². The van der Waals surface area contributed by atoms with E-state index in [9.17, 15) is 19.2 Å². The zero-order chi connectivity index (χ0) is 24.5. The van der Waals surface area contributed by atoms with E-state index in [2.05, 4.69) is 0 Å². The van der Waals surface area contributed by atoms with Gasteiger partial charge >= 0.3 is 23.9 Å². The molecule has 1 aromatic carbocycles. The first kappa shape index (κ1) is 26.8. The highest BCUT2D eigenvalue weighted by molar-refractivity contribution is 8.76. The van der Waals surface area contributed by atoms with Crippen molar-refractivity contribution in [3.8, 4) is 5.75 Å². The van der Waals surface area contributed by atoms with Gasteiger partial charge in [0.25, 0.3) is 0 Å². The quantitative estimate of drug-likeness (QED) is 0.280. The topological polar surface area (TPSA) is 124 Å². The predicted molar refractivity (Wildman–Crippen MR) is 118 cm³/mol. The van der Waals surface area contributed by atoms with Crippen LogP contribution >= 0.6 is 21.6 Å². The van der Waals surface area contributed by atoms with Crippen molar-refractivity contribution in [3.05, 3.63) is 24.3 Å². The Morgan fingerprint density at radius 1 is 0.818 bits per heavy atom. The molecule has 10 nitrogen and oxygen atoms in total. The molecule has 1 aliphatic heterocycles. The Morgan fingerprint density at radius 2 is 1.36 bits per heavy atom. The van der Waals surface area contributed by atoms with Gasteiger partial charge in [-0.15, -0.1) is 0 Å². The zero-order valence-electron chi connectivity index (χ0n) is 18.8. The summed E-state index contributed by atoms with van der Waals surface area (Å²) in [4.78, 5) is 47.6. The maximum atomic E-state index is 11.8. The number of ether oxygens (including phenoxy) is 6. The molecule has 33 heavy (non-hydrogen) atoms. The summed E-state index contributed by atoms with van der Waals surface area (Å²) in [6.45, 7) is 4.52. The lowest BCUT2D eigenvalue weighted by atomic mass is 9.99. The molecule has 0 bridgehead atoms. The third kappa shape index (κ3) is 8.45. The monoisotopic (exact) mass is 502 g/mol. The van der Waals surface area contributed by atoms with Crippen LogP contribution in [0.1, 0.15) is 27.7 Å². The maximum absolute atomic E-state index is 11.8. The molecule has 12 heteroatoms. The molecule has 0 aromatic heterocycles. The summed E-state index contributed by atoms with van der Waals surface area (Å²) in [7, 11) is 4.10. The van der Waals surface area contributed by atoms with Crippen molar-refractivity contribution in [1.82, 2.24) is 0 Å². The molecule has 1 fully saturated rings. The van der Waals surface area contributed by atoms with Gasteiger partial charge in [-0.25, -0.2) is 0 Å². The standard InChI is InChI=1S/C21H26O10S2/c1-11(22)27-10-17-18(28-12(2)23)19(29-13(3)24)20(30-14(4)25)21(31-17)33-32-16-8-6-15(26-5)7-9-16/h6-9,17-21H,10H2,1-5H3/t17-,18-,19+,20-,21+/m1/s1. The average molecular weight is 503 g/mol. The molecule has 0 saturated carbocycles. The van der Waals surface area contributed by atoms with Gasteiger partial charge in [0.15, 0.2) is 23.7 Å². The van der Waals surface area contributed by atoms with E-state index in [0.29, 0.717) is 5.75 Å². The lowest BCUT2D eigenvalue weighted by Crippen LogP contribution is -2.61. The maximum Gasteiger partial charge on any atom is 0.303 e. The van der Waals surface area contributed by atoms with Gasteiger partial charge in [-0.3, -0.25) is 19.2 Å². The van der Waals surface area contributed by atoms with Crippen LogP contribution in [0.25, 0.3) is 0 Å². The first-order chi connectivity index (χ1) is 15.6. The van der Waals surface area contributed by atoms with E-state index >= 15 is 0 Å². The Hall–Kier alpha value is -2.44. The van der Waals surface area contributed by atoms with Crippen molar-refractivity contribution < 1.29 is 47.6 Å². The second-order valence-electron chi connectivity index (χ2n) is 6.92. The summed E-state index contributed by atoms with van der Waals surface area (Å²) in [5.74, 6) is -1.86. The normalized spacial score (nSPS) is 24.3. The largest absolute Gasteiger partial charge is 0.497 e. The van der Waals surface area contributed by atoms with Crippen molar-refractivity contribution in [2.75, 3.05) is 13.7 Å². The van der Waals surface area contributed by atoms with Gasteiger partial charge in [0.05, 0.1) is 7.11 Å². The fourth-order valence-corrected chi connectivity index (χ4v) is 5.38. The summed E-state index contributed by atoms with van der Waals surface area (Å²) < 4.78 is 32.4. The third-order valence-corrected chi connectivity index (χ3v) is 6.81. The van der Waals surface area contributed by atoms with Crippen LogP contribution < -0.4 is 4.74 Å². The smallest absolute Gasteiger partial charge is 0.303 e. The van der Waals surface area contributed by atoms with Gasteiger partial charge < -0.3 is 28.4 Å². The molecular weight excluding hydrogens is 476 g/mol. The molecule has 182 valence electrons. The van der Waals surface area contributed by atoms with Crippen LogP contribution in [0.4, 0.5) is 0 Å². The fraction of sp³-hybridized carbons (Fsp3) is 0.524. The zero-order valence-corrected chi connectivity index (χ0v) is 20.4. The van der Waals surface area contributed by atoms with Crippen LogP contribution in [-0.4, -0.2) is 67.4 Å². The third-order valence-electron chi connectivity index (χ3n) is 4.25. The van der Waals surface area contributed by atoms with Gasteiger partial charge in [-0.2, -0.15) is 0 Å². The Kier molecular flexibility index (Phi) is 10.3. The van der Waals surface area contributed by atoms with Gasteiger partial charge in [0.2, 0.25) is 0 Å². The minimum atomic E-state index is -1.18. The highest BCUT2D eigenvalue weighted by atomic mass is 33.1. The van der Waals surface area contributed by atoms with Gasteiger partial charge in [-0.1, -0.05) is 21.6 Å². The van der Waals surface area contributed by atoms with Crippen LogP contribution in [0.15, 0.2) is 29.2 Å². The van der Waals surface area contributed by atoms with E-state index in [4.69, 9.17) is 28.4 Å². The molecule has 1 aromatic rings. The van der Waals surface area contributed by atoms with Crippen LogP contribution in [0.5, 0.6) is 5.75 Å². The highest BCUT2D eigenvalue weighted by Crippen LogP contribution is 2.42. The molecule has 0 radical (unpaired) electrons. The van der Waals surface area contributed by atoms with Crippen molar-refractivity contribution >= 4 is 45.5 Å². The summed E-state index contributed by atoms with van der Waals surface area (Å²) in [6.07, 6.45) is -4.42. The number of benzene rings is 1. The summed E-state index contributed by atoms with van der Waals surface area (Å²) in [5, 5.41) is 0. The highest BCUT2D eigenvalue weighted by Gasteiger charge is 2.52. The predicted octanol–water partition coefficient (Wildman–Crippen LogP) is 2.52. The van der Waals surface area contributed by atoms with E-state index < -0.39 is 53.7 Å². The number of carbonyl (C=O) groups excluding carboxylic acids is 4. The summed E-state index contributed by atoms with van der Waals surface area (Å²) >= 11 is 0. The molecular formula is C21H26O10S2. The van der Waals surface area contributed by atoms with Crippen molar-refractivity contribution in [1.29, 1.82) is 0 Å². The Morgan fingerprint density at radius 3 is 1.88 bits per heavy atom. The van der Waals surface area contributed by atoms with E-state index in [1.54, 1.807) is 19.2 Å². The van der Waals surface area contributed by atoms with Gasteiger partial charge in [-0.05, 0) is 24.3 Å². The number of hydrogen-bond donors (Lipinski definition) is 0. The van der Waals surface area contributed by atoms with Crippen LogP contribution in [0.2, 0.25) is 0 Å². The molecule has 1 saturated heterocycles. The molecule has 0 aliphatic carbocycles. The summed E-state index contributed by atoms with van der Waals surface area (Å²) in [6, 6.07) is 7.25. The molecule has 5 atom stereocenters. The number of esters is 4. The summed E-state index contributed by atoms with van der Waals surface area (Å²) in [5.41, 5.74) is -0.849. The van der Waals surface area contributed by atoms with Crippen molar-refractivity contribution in [2.45, 2.75) is 62.4 Å². The molecule has 0 spiro atoms. The van der Waals surface area contributed by atoms with Crippen LogP contribution in [0.3, 0.4) is 0 Å². The SMILES string of the molecule is COc1ccc(SS[C@@H]2O[C@H](COC(C)=O)[C@@H](OC(C)=O)[C@H](OC(C)=O)[C@H]2OC(C)=O)cc1. The van der Waals surface area contributed by atoms with Crippen LogP contribution in [0, 0.1) is 0 Å². The first-order valence-corrected chi connectivity index (χ1v) is 12.1. The molecule has 0 amide bonds. The van der Waals surface area contributed by atoms with E-state index in [1.807, 2.05) is 12.1 Å². The molecule has 1 heterocycles. The fourth-order valence-electron chi connectivity index (χ4n) is 3.00. The lowest BCUT2D eigenvalue weighted by molar-refractivity contribution is -0.237. The minimum Gasteiger partial charge on any atom is -0.497 e. The second kappa shape index (κ2) is 12.7. The van der Waals surface area contributed by atoms with Crippen LogP contribution in [-0.2, 0) is 42.9 Å². The molecule has 0 N–H and O–H groups in total. The Bertz CT molecular complexity index is 844. The number of methoxy groups -OCH3 is 1. The Balaban J connectivity index is 2.33. The van der Waals surface area contributed by atoms with E-state index in [0.717, 1.165) is 4.90 Å². The first-order valence-electron chi connectivity index (χ1n) is 9.88. The van der Waals surface area contributed by atoms with E-state index in [-0.39, 0.29) is 6.61 Å². The van der Waals surface area contributed by atoms with E-state index in [1.165, 1.54) is 49.3 Å². The lowest BCUT2D eigenvalue weighted by Gasteiger charge is -2.43. The van der Waals surface area contributed by atoms with Gasteiger partial charge in [0.1, 0.15) is 18.5 Å². The minimum absolute atomic E-state index is 0.262. The molecule has 1 aliphatic rings. The molecule has 0 unspecified atom stereocenters. The van der Waals surface area contributed by atoms with Gasteiger partial charge in [0, 0.05) is 32.6 Å². The number of hydrogen-bond acceptors (Lipinski definition) is 12. The molecule has 2 rings (SSSR count). The average Bonchev–Trinajstić information content (AvgIpc) is 2.73. The second-order valence-corrected chi connectivity index (χ2v) is 9.30. The van der Waals surface area contributed by atoms with Crippen molar-refractivity contribution in [2.24, 2.45) is 0 Å². The van der Waals surface area contributed by atoms with Crippen molar-refractivity contribution in [3.63, 3.8) is 0 Å². The number of carbonyl (C=O) groups is 4. The number of rotatable bonds is 9.